The molecule has 0 fully saturated rings. The lowest BCUT2D eigenvalue weighted by atomic mass is 10.2. The lowest BCUT2D eigenvalue weighted by Crippen LogP contribution is -2.25. The molecule has 0 atom stereocenters. The maximum atomic E-state index is 12.7. The molecule has 7 heteroatoms. The summed E-state index contributed by atoms with van der Waals surface area (Å²) in [6.45, 7) is 6.37. The van der Waals surface area contributed by atoms with Crippen LogP contribution in [0.25, 0.3) is 11.3 Å². The second-order valence-electron chi connectivity index (χ2n) is 6.20. The van der Waals surface area contributed by atoms with Crippen LogP contribution in [0.1, 0.15) is 45.9 Å². The molecule has 25 heavy (non-hydrogen) atoms. The quantitative estimate of drug-likeness (QED) is 0.693. The first-order chi connectivity index (χ1) is 12.0. The van der Waals surface area contributed by atoms with Gasteiger partial charge in [-0.3, -0.25) is 9.78 Å². The molecule has 3 rings (SSSR count). The van der Waals surface area contributed by atoms with Crippen LogP contribution < -0.4 is 0 Å². The molecule has 3 heterocycles. The summed E-state index contributed by atoms with van der Waals surface area (Å²) in [4.78, 5) is 23.6. The fourth-order valence-corrected chi connectivity index (χ4v) is 3.44. The minimum Gasteiger partial charge on any atom is -0.359 e. The van der Waals surface area contributed by atoms with Crippen molar-refractivity contribution < 1.29 is 9.32 Å². The van der Waals surface area contributed by atoms with Crippen molar-refractivity contribution >= 4 is 17.2 Å². The SMILES string of the molecule is Cc1nc(C(C)C)sc1C(=O)N(C)Cc1cc(-c2cccnc2)no1. The van der Waals surface area contributed by atoms with Crippen molar-refractivity contribution in [3.8, 4) is 11.3 Å². The van der Waals surface area contributed by atoms with Crippen molar-refractivity contribution in [1.82, 2.24) is 20.0 Å². The van der Waals surface area contributed by atoms with Gasteiger partial charge in [0.15, 0.2) is 5.76 Å². The van der Waals surface area contributed by atoms with Crippen molar-refractivity contribution in [3.05, 3.63) is 51.9 Å². The van der Waals surface area contributed by atoms with Crippen LogP contribution in [0.4, 0.5) is 0 Å². The highest BCUT2D eigenvalue weighted by Crippen LogP contribution is 2.26. The zero-order valence-electron chi connectivity index (χ0n) is 14.7. The average molecular weight is 356 g/mol. The van der Waals surface area contributed by atoms with Gasteiger partial charge in [-0.05, 0) is 19.1 Å². The molecule has 0 N–H and O–H groups in total. The minimum absolute atomic E-state index is 0.0544. The number of hydrogen-bond donors (Lipinski definition) is 0. The Labute approximate surface area is 150 Å². The molecule has 0 unspecified atom stereocenters. The highest BCUT2D eigenvalue weighted by Gasteiger charge is 2.21. The molecule has 3 aromatic heterocycles. The number of aromatic nitrogens is 3. The van der Waals surface area contributed by atoms with Crippen molar-refractivity contribution in [2.75, 3.05) is 7.05 Å². The van der Waals surface area contributed by atoms with Gasteiger partial charge in [-0.25, -0.2) is 4.98 Å². The highest BCUT2D eigenvalue weighted by molar-refractivity contribution is 7.13. The van der Waals surface area contributed by atoms with E-state index in [0.717, 1.165) is 16.3 Å². The van der Waals surface area contributed by atoms with E-state index in [0.29, 0.717) is 28.8 Å². The number of carbonyl (C=O) groups is 1. The average Bonchev–Trinajstić information content (AvgIpc) is 3.22. The van der Waals surface area contributed by atoms with E-state index in [2.05, 4.69) is 29.0 Å². The van der Waals surface area contributed by atoms with E-state index in [-0.39, 0.29) is 5.91 Å². The maximum absolute atomic E-state index is 12.7. The van der Waals surface area contributed by atoms with Crippen molar-refractivity contribution in [2.45, 2.75) is 33.2 Å². The van der Waals surface area contributed by atoms with Crippen LogP contribution in [0.2, 0.25) is 0 Å². The van der Waals surface area contributed by atoms with E-state index >= 15 is 0 Å². The van der Waals surface area contributed by atoms with Crippen LogP contribution in [-0.2, 0) is 6.54 Å². The van der Waals surface area contributed by atoms with E-state index in [1.165, 1.54) is 11.3 Å². The molecule has 0 radical (unpaired) electrons. The van der Waals surface area contributed by atoms with Gasteiger partial charge in [0.1, 0.15) is 10.6 Å². The van der Waals surface area contributed by atoms with E-state index < -0.39 is 0 Å². The Hall–Kier alpha value is -2.54. The van der Waals surface area contributed by atoms with Crippen LogP contribution in [0.15, 0.2) is 35.1 Å². The Bertz CT molecular complexity index is 870. The van der Waals surface area contributed by atoms with Gasteiger partial charge in [0.2, 0.25) is 0 Å². The largest absolute Gasteiger partial charge is 0.359 e. The third-order valence-electron chi connectivity index (χ3n) is 3.76. The molecule has 130 valence electrons. The summed E-state index contributed by atoms with van der Waals surface area (Å²) in [5, 5.41) is 5.03. The van der Waals surface area contributed by atoms with Crippen LogP contribution in [0.5, 0.6) is 0 Å². The molecule has 0 aromatic carbocycles. The van der Waals surface area contributed by atoms with Crippen LogP contribution in [0, 0.1) is 6.92 Å². The van der Waals surface area contributed by atoms with Crippen LogP contribution in [-0.4, -0.2) is 33.0 Å². The number of thiazole rings is 1. The highest BCUT2D eigenvalue weighted by atomic mass is 32.1. The molecule has 0 aliphatic rings. The van der Waals surface area contributed by atoms with Crippen molar-refractivity contribution in [3.63, 3.8) is 0 Å². The van der Waals surface area contributed by atoms with Gasteiger partial charge < -0.3 is 9.42 Å². The third-order valence-corrected chi connectivity index (χ3v) is 5.20. The monoisotopic (exact) mass is 356 g/mol. The Balaban J connectivity index is 1.73. The standard InChI is InChI=1S/C18H20N4O2S/c1-11(2)17-20-12(3)16(25-17)18(23)22(4)10-14-8-15(21-24-14)13-6-5-7-19-9-13/h5-9,11H,10H2,1-4H3. The summed E-state index contributed by atoms with van der Waals surface area (Å²) >= 11 is 1.46. The summed E-state index contributed by atoms with van der Waals surface area (Å²) < 4.78 is 5.37. The Morgan fingerprint density at radius 3 is 2.84 bits per heavy atom. The first-order valence-corrected chi connectivity index (χ1v) is 8.86. The number of nitrogens with zero attached hydrogens (tertiary/aromatic N) is 4. The van der Waals surface area contributed by atoms with Gasteiger partial charge in [-0.2, -0.15) is 0 Å². The summed E-state index contributed by atoms with van der Waals surface area (Å²) in [6.07, 6.45) is 3.43. The fourth-order valence-electron chi connectivity index (χ4n) is 2.38. The molecule has 3 aromatic rings. The number of pyridine rings is 1. The van der Waals surface area contributed by atoms with E-state index in [1.54, 1.807) is 24.3 Å². The number of aryl methyl sites for hydroxylation is 1. The van der Waals surface area contributed by atoms with E-state index in [4.69, 9.17) is 4.52 Å². The number of amides is 1. The Kier molecular flexibility index (Phi) is 4.94. The summed E-state index contributed by atoms with van der Waals surface area (Å²) in [5.74, 6) is 0.883. The maximum Gasteiger partial charge on any atom is 0.266 e. The normalized spacial score (nSPS) is 11.1. The molecular formula is C18H20N4O2S. The lowest BCUT2D eigenvalue weighted by Gasteiger charge is -2.14. The van der Waals surface area contributed by atoms with Gasteiger partial charge in [0.05, 0.1) is 17.2 Å². The number of hydrogen-bond acceptors (Lipinski definition) is 6. The summed E-state index contributed by atoms with van der Waals surface area (Å²) in [5.41, 5.74) is 2.37. The predicted octanol–water partition coefficient (Wildman–Crippen LogP) is 3.90. The number of rotatable bonds is 5. The second-order valence-corrected chi connectivity index (χ2v) is 7.23. The third kappa shape index (κ3) is 3.76. The molecule has 0 spiro atoms. The van der Waals surface area contributed by atoms with Crippen LogP contribution in [0.3, 0.4) is 0 Å². The van der Waals surface area contributed by atoms with Gasteiger partial charge >= 0.3 is 0 Å². The first kappa shape index (κ1) is 17.3. The minimum atomic E-state index is -0.0544. The zero-order valence-corrected chi connectivity index (χ0v) is 15.5. The first-order valence-electron chi connectivity index (χ1n) is 8.04. The zero-order chi connectivity index (χ0) is 18.0. The molecule has 0 bridgehead atoms. The van der Waals surface area contributed by atoms with Crippen molar-refractivity contribution in [1.29, 1.82) is 0 Å². The van der Waals surface area contributed by atoms with Gasteiger partial charge in [0, 0.05) is 37.0 Å². The van der Waals surface area contributed by atoms with Crippen LogP contribution >= 0.6 is 11.3 Å². The lowest BCUT2D eigenvalue weighted by molar-refractivity contribution is 0.0776. The Morgan fingerprint density at radius 1 is 1.40 bits per heavy atom. The fraction of sp³-hybridized carbons (Fsp3) is 0.333. The van der Waals surface area contributed by atoms with Gasteiger partial charge in [0.25, 0.3) is 5.91 Å². The van der Waals surface area contributed by atoms with Crippen molar-refractivity contribution in [2.24, 2.45) is 0 Å². The molecule has 0 aliphatic carbocycles. The van der Waals surface area contributed by atoms with E-state index in [1.807, 2.05) is 25.1 Å². The molecule has 6 nitrogen and oxygen atoms in total. The van der Waals surface area contributed by atoms with Gasteiger partial charge in [-0.15, -0.1) is 11.3 Å². The van der Waals surface area contributed by atoms with Gasteiger partial charge in [-0.1, -0.05) is 19.0 Å². The molecule has 0 saturated carbocycles. The Morgan fingerprint density at radius 2 is 2.20 bits per heavy atom. The molecule has 0 aliphatic heterocycles. The second kappa shape index (κ2) is 7.14. The summed E-state index contributed by atoms with van der Waals surface area (Å²) in [6, 6.07) is 5.59. The van der Waals surface area contributed by atoms with E-state index in [9.17, 15) is 4.79 Å². The smallest absolute Gasteiger partial charge is 0.266 e. The predicted molar refractivity (Wildman–Crippen MR) is 96.5 cm³/mol. The molecule has 0 saturated heterocycles. The molecular weight excluding hydrogens is 336 g/mol. The summed E-state index contributed by atoms with van der Waals surface area (Å²) in [7, 11) is 1.75. The topological polar surface area (TPSA) is 72.1 Å². The molecule has 1 amide bonds. The number of carbonyl (C=O) groups excluding carboxylic acids is 1.